The van der Waals surface area contributed by atoms with Crippen LogP contribution >= 0.6 is 37.2 Å². The summed E-state index contributed by atoms with van der Waals surface area (Å²) >= 11 is 0. The van der Waals surface area contributed by atoms with E-state index in [1.165, 1.54) is 19.6 Å². The maximum absolute atomic E-state index is 2.38. The Hall–Kier alpha value is 0.750. The van der Waals surface area contributed by atoms with Crippen LogP contribution in [0.5, 0.6) is 0 Å². The molecule has 0 aromatic carbocycles. The number of rotatable bonds is 3. The normalized spacial score (nSPS) is 6.00. The van der Waals surface area contributed by atoms with Crippen LogP contribution in [0.15, 0.2) is 0 Å². The molecule has 0 amide bonds. The van der Waals surface area contributed by atoms with E-state index in [4.69, 9.17) is 0 Å². The molecular weight excluding hydrogens is 220 g/mol. The fourth-order valence-corrected chi connectivity index (χ4v) is 0.671. The van der Waals surface area contributed by atoms with Crippen molar-refractivity contribution in [3.05, 3.63) is 0 Å². The van der Waals surface area contributed by atoms with E-state index in [1.807, 2.05) is 0 Å². The van der Waals surface area contributed by atoms with Crippen molar-refractivity contribution in [1.82, 2.24) is 17.2 Å². The quantitative estimate of drug-likeness (QED) is 0.802. The van der Waals surface area contributed by atoms with Gasteiger partial charge in [0.1, 0.15) is 0 Å². The molecule has 12 heavy (non-hydrogen) atoms. The van der Waals surface area contributed by atoms with Crippen LogP contribution in [-0.4, -0.2) is 24.5 Å². The first-order valence-corrected chi connectivity index (χ1v) is 3.07. The van der Waals surface area contributed by atoms with Crippen LogP contribution in [-0.2, 0) is 0 Å². The molecule has 0 aromatic heterocycles. The highest BCUT2D eigenvalue weighted by Crippen LogP contribution is 1.81. The van der Waals surface area contributed by atoms with Gasteiger partial charge < -0.3 is 17.2 Å². The largest absolute Gasteiger partial charge is 0.344 e. The Balaban J connectivity index is -0.0000000180. The van der Waals surface area contributed by atoms with Crippen LogP contribution in [0.3, 0.4) is 0 Å². The SMILES string of the molecule is CCN(CC)CC.Cl.Cl.Cl.N.N. The summed E-state index contributed by atoms with van der Waals surface area (Å²) in [5, 5.41) is 0. The average molecular weight is 245 g/mol. The summed E-state index contributed by atoms with van der Waals surface area (Å²) in [7, 11) is 0. The van der Waals surface area contributed by atoms with E-state index >= 15 is 0 Å². The molecule has 0 aromatic rings. The molecule has 0 bridgehead atoms. The van der Waals surface area contributed by atoms with Crippen LogP contribution in [0.1, 0.15) is 20.8 Å². The zero-order chi connectivity index (χ0) is 5.70. The van der Waals surface area contributed by atoms with Gasteiger partial charge in [0.2, 0.25) is 0 Å². The van der Waals surface area contributed by atoms with Gasteiger partial charge in [0, 0.05) is 0 Å². The van der Waals surface area contributed by atoms with Crippen LogP contribution in [0, 0.1) is 0 Å². The summed E-state index contributed by atoms with van der Waals surface area (Å²) in [5.74, 6) is 0. The third kappa shape index (κ3) is 22.4. The highest BCUT2D eigenvalue weighted by Gasteiger charge is 1.89. The van der Waals surface area contributed by atoms with Gasteiger partial charge in [0.05, 0.1) is 0 Å². The van der Waals surface area contributed by atoms with Crippen LogP contribution in [0.4, 0.5) is 0 Å². The lowest BCUT2D eigenvalue weighted by Crippen LogP contribution is -2.21. The van der Waals surface area contributed by atoms with Crippen molar-refractivity contribution in [2.45, 2.75) is 20.8 Å². The van der Waals surface area contributed by atoms with E-state index in [9.17, 15) is 0 Å². The molecule has 0 spiro atoms. The van der Waals surface area contributed by atoms with Crippen molar-refractivity contribution in [3.63, 3.8) is 0 Å². The van der Waals surface area contributed by atoms with Gasteiger partial charge in [0.15, 0.2) is 0 Å². The van der Waals surface area contributed by atoms with E-state index < -0.39 is 0 Å². The van der Waals surface area contributed by atoms with Gasteiger partial charge in [0.25, 0.3) is 0 Å². The third-order valence-electron chi connectivity index (χ3n) is 1.34. The lowest BCUT2D eigenvalue weighted by Gasteiger charge is -2.13. The minimum Gasteiger partial charge on any atom is -0.344 e. The van der Waals surface area contributed by atoms with Crippen molar-refractivity contribution in [2.75, 3.05) is 19.6 Å². The molecule has 6 N–H and O–H groups in total. The number of hydrogen-bond donors (Lipinski definition) is 2. The number of hydrogen-bond acceptors (Lipinski definition) is 3. The number of halogens is 3. The van der Waals surface area contributed by atoms with Gasteiger partial charge in [-0.3, -0.25) is 0 Å². The van der Waals surface area contributed by atoms with E-state index in [1.54, 1.807) is 0 Å². The summed E-state index contributed by atoms with van der Waals surface area (Å²) < 4.78 is 0. The predicted molar refractivity (Wildman–Crippen MR) is 65.3 cm³/mol. The molecule has 0 unspecified atom stereocenters. The Morgan fingerprint density at radius 3 is 0.833 bits per heavy atom. The summed E-state index contributed by atoms with van der Waals surface area (Å²) in [5.41, 5.74) is 0. The van der Waals surface area contributed by atoms with Gasteiger partial charge >= 0.3 is 0 Å². The molecule has 0 aliphatic heterocycles. The molecule has 0 fully saturated rings. The fraction of sp³-hybridized carbons (Fsp3) is 1.00. The van der Waals surface area contributed by atoms with Crippen molar-refractivity contribution < 1.29 is 0 Å². The average Bonchev–Trinajstić information content (AvgIpc) is 1.72. The topological polar surface area (TPSA) is 73.2 Å². The van der Waals surface area contributed by atoms with Crippen LogP contribution < -0.4 is 12.3 Å². The predicted octanol–water partition coefficient (Wildman–Crippen LogP) is 2.94. The third-order valence-corrected chi connectivity index (χ3v) is 1.34. The Morgan fingerprint density at radius 2 is 0.833 bits per heavy atom. The van der Waals surface area contributed by atoms with Crippen LogP contribution in [0.25, 0.3) is 0 Å². The van der Waals surface area contributed by atoms with Crippen molar-refractivity contribution in [3.8, 4) is 0 Å². The lowest BCUT2D eigenvalue weighted by molar-refractivity contribution is 0.321. The molecule has 0 rings (SSSR count). The first kappa shape index (κ1) is 38.6. The first-order valence-electron chi connectivity index (χ1n) is 3.07. The van der Waals surface area contributed by atoms with Gasteiger partial charge in [-0.1, -0.05) is 20.8 Å². The molecular formula is C6H24Cl3N3. The van der Waals surface area contributed by atoms with E-state index in [-0.39, 0.29) is 49.5 Å². The Kier molecular flexibility index (Phi) is 95.9. The Labute approximate surface area is 95.1 Å². The van der Waals surface area contributed by atoms with Crippen molar-refractivity contribution >= 4 is 37.2 Å². The van der Waals surface area contributed by atoms with Gasteiger partial charge in [-0.2, -0.15) is 0 Å². The minimum absolute atomic E-state index is 0. The maximum atomic E-state index is 2.38. The molecule has 0 saturated carbocycles. The fourth-order valence-electron chi connectivity index (χ4n) is 0.671. The van der Waals surface area contributed by atoms with Gasteiger partial charge in [-0.05, 0) is 19.6 Å². The maximum Gasteiger partial charge on any atom is -0.00474 e. The molecule has 3 nitrogen and oxygen atoms in total. The molecule has 0 heterocycles. The summed E-state index contributed by atoms with van der Waals surface area (Å²) in [6, 6.07) is 0. The Morgan fingerprint density at radius 1 is 0.667 bits per heavy atom. The highest BCUT2D eigenvalue weighted by atomic mass is 35.5. The molecule has 0 saturated heterocycles. The van der Waals surface area contributed by atoms with Crippen molar-refractivity contribution in [1.29, 1.82) is 0 Å². The standard InChI is InChI=1S/C6H15N.3ClH.2H3N/c1-4-7(5-2)6-3;;;;;/h4-6H2,1-3H3;3*1H;2*1H3. The zero-order valence-corrected chi connectivity index (χ0v) is 10.7. The Bertz CT molecular complexity index is 39.5. The lowest BCUT2D eigenvalue weighted by atomic mass is 10.5. The molecule has 0 aliphatic carbocycles. The monoisotopic (exact) mass is 243 g/mol. The number of nitrogens with zero attached hydrogens (tertiary/aromatic N) is 1. The molecule has 84 valence electrons. The van der Waals surface area contributed by atoms with Gasteiger partial charge in [-0.25, -0.2) is 0 Å². The van der Waals surface area contributed by atoms with Crippen molar-refractivity contribution in [2.24, 2.45) is 0 Å². The summed E-state index contributed by atoms with van der Waals surface area (Å²) in [6.07, 6.45) is 0. The van der Waals surface area contributed by atoms with E-state index in [0.717, 1.165) is 0 Å². The van der Waals surface area contributed by atoms with E-state index in [0.29, 0.717) is 0 Å². The zero-order valence-electron chi connectivity index (χ0n) is 8.21. The smallest absolute Gasteiger partial charge is 0.00474 e. The van der Waals surface area contributed by atoms with E-state index in [2.05, 4.69) is 25.7 Å². The summed E-state index contributed by atoms with van der Waals surface area (Å²) in [4.78, 5) is 2.38. The van der Waals surface area contributed by atoms with Gasteiger partial charge in [-0.15, -0.1) is 37.2 Å². The molecule has 0 radical (unpaired) electrons. The second-order valence-electron chi connectivity index (χ2n) is 1.62. The first-order chi connectivity index (χ1) is 3.35. The second-order valence-corrected chi connectivity index (χ2v) is 1.62. The molecule has 6 heteroatoms. The summed E-state index contributed by atoms with van der Waals surface area (Å²) in [6.45, 7) is 10.1. The van der Waals surface area contributed by atoms with Crippen LogP contribution in [0.2, 0.25) is 0 Å². The minimum atomic E-state index is 0. The highest BCUT2D eigenvalue weighted by molar-refractivity contribution is 5.86. The molecule has 0 atom stereocenters. The second kappa shape index (κ2) is 29.8. The molecule has 0 aliphatic rings.